The van der Waals surface area contributed by atoms with Crippen LogP contribution in [-0.2, 0) is 16.1 Å². The zero-order chi connectivity index (χ0) is 21.8. The third-order valence-electron chi connectivity index (χ3n) is 4.34. The van der Waals surface area contributed by atoms with Gasteiger partial charge in [-0.3, -0.25) is 14.4 Å². The second kappa shape index (κ2) is 9.08. The molecule has 9 heteroatoms. The molecule has 30 heavy (non-hydrogen) atoms. The van der Waals surface area contributed by atoms with Crippen LogP contribution in [-0.4, -0.2) is 34.5 Å². The van der Waals surface area contributed by atoms with Crippen LogP contribution in [0.15, 0.2) is 29.1 Å². The molecule has 0 saturated carbocycles. The number of carbonyl (C=O) groups excluding carboxylic acids is 2. The molecule has 3 aromatic rings. The molecule has 0 aliphatic carbocycles. The van der Waals surface area contributed by atoms with E-state index in [0.717, 1.165) is 10.4 Å². The zero-order valence-corrected chi connectivity index (χ0v) is 18.0. The summed E-state index contributed by atoms with van der Waals surface area (Å²) in [5, 5.41) is 3.06. The molecule has 0 saturated heterocycles. The number of esters is 1. The van der Waals surface area contributed by atoms with Crippen LogP contribution in [0.3, 0.4) is 0 Å². The van der Waals surface area contributed by atoms with E-state index in [0.29, 0.717) is 21.5 Å². The number of aryl methyl sites for hydroxylation is 2. The summed E-state index contributed by atoms with van der Waals surface area (Å²) in [6, 6.07) is 6.62. The van der Waals surface area contributed by atoms with E-state index in [1.807, 2.05) is 27.7 Å². The van der Waals surface area contributed by atoms with Gasteiger partial charge in [0.1, 0.15) is 29.6 Å². The predicted octanol–water partition coefficient (Wildman–Crippen LogP) is 2.86. The Morgan fingerprint density at radius 3 is 2.57 bits per heavy atom. The summed E-state index contributed by atoms with van der Waals surface area (Å²) < 4.78 is 10.6. The first kappa shape index (κ1) is 21.5. The van der Waals surface area contributed by atoms with E-state index in [2.05, 4.69) is 15.3 Å². The average molecular weight is 429 g/mol. The maximum atomic E-state index is 12.2. The van der Waals surface area contributed by atoms with Gasteiger partial charge in [-0.25, -0.2) is 4.98 Å². The van der Waals surface area contributed by atoms with Gasteiger partial charge in [0, 0.05) is 10.4 Å². The van der Waals surface area contributed by atoms with Gasteiger partial charge in [0.2, 0.25) is 0 Å². The van der Waals surface area contributed by atoms with Crippen molar-refractivity contribution in [1.82, 2.24) is 15.3 Å². The molecule has 0 unspecified atom stereocenters. The number of amides is 1. The number of ether oxygens (including phenoxy) is 2. The summed E-state index contributed by atoms with van der Waals surface area (Å²) in [6.07, 6.45) is 0.0393. The number of hydrogen-bond donors (Lipinski definition) is 2. The number of thiophene rings is 1. The van der Waals surface area contributed by atoms with E-state index in [1.54, 1.807) is 24.3 Å². The van der Waals surface area contributed by atoms with E-state index >= 15 is 0 Å². The number of aromatic nitrogens is 2. The van der Waals surface area contributed by atoms with Crippen molar-refractivity contribution in [3.8, 4) is 5.75 Å². The van der Waals surface area contributed by atoms with Crippen molar-refractivity contribution in [2.45, 2.75) is 40.4 Å². The second-order valence-corrected chi connectivity index (χ2v) is 8.21. The van der Waals surface area contributed by atoms with Gasteiger partial charge in [0.15, 0.2) is 0 Å². The van der Waals surface area contributed by atoms with E-state index in [4.69, 9.17) is 9.47 Å². The van der Waals surface area contributed by atoms with Crippen molar-refractivity contribution >= 4 is 33.4 Å². The Balaban J connectivity index is 1.53. The molecular formula is C21H23N3O5S. The maximum Gasteiger partial charge on any atom is 0.325 e. The smallest absolute Gasteiger partial charge is 0.325 e. The lowest BCUT2D eigenvalue weighted by Crippen LogP contribution is -2.30. The van der Waals surface area contributed by atoms with Crippen LogP contribution in [0.2, 0.25) is 0 Å². The third-order valence-corrected chi connectivity index (χ3v) is 5.44. The minimum Gasteiger partial charge on any atom is -0.491 e. The maximum absolute atomic E-state index is 12.2. The highest BCUT2D eigenvalue weighted by atomic mass is 32.1. The van der Waals surface area contributed by atoms with E-state index in [1.165, 1.54) is 11.3 Å². The Labute approximate surface area is 177 Å². The van der Waals surface area contributed by atoms with Crippen LogP contribution in [0.4, 0.5) is 0 Å². The summed E-state index contributed by atoms with van der Waals surface area (Å²) in [4.78, 5) is 45.0. The molecule has 0 fully saturated rings. The number of carbonyl (C=O) groups is 2. The molecule has 0 aliphatic rings. The van der Waals surface area contributed by atoms with Crippen molar-refractivity contribution in [3.05, 3.63) is 56.4 Å². The Morgan fingerprint density at radius 2 is 1.90 bits per heavy atom. The fourth-order valence-corrected chi connectivity index (χ4v) is 3.83. The Bertz CT molecular complexity index is 1130. The Morgan fingerprint density at radius 1 is 1.20 bits per heavy atom. The highest BCUT2D eigenvalue weighted by Crippen LogP contribution is 2.25. The number of H-pyrrole nitrogens is 1. The van der Waals surface area contributed by atoms with Crippen molar-refractivity contribution in [3.63, 3.8) is 0 Å². The minimum atomic E-state index is -0.635. The molecule has 0 spiro atoms. The fourth-order valence-electron chi connectivity index (χ4n) is 2.78. The van der Waals surface area contributed by atoms with Gasteiger partial charge < -0.3 is 19.8 Å². The van der Waals surface area contributed by atoms with Gasteiger partial charge in [-0.1, -0.05) is 0 Å². The topological polar surface area (TPSA) is 110 Å². The highest BCUT2D eigenvalue weighted by Gasteiger charge is 2.14. The monoisotopic (exact) mass is 429 g/mol. The standard InChI is InChI=1S/C21H23N3O5S/c1-11(2)29-15-7-5-14(6-8-15)19(26)22-9-17(25)28-10-16-23-20(27)18-12(3)13(4)30-21(18)24-16/h5-8,11H,9-10H2,1-4H3,(H,22,26)(H,23,24,27). The van der Waals surface area contributed by atoms with Crippen LogP contribution in [0.25, 0.3) is 10.2 Å². The molecule has 2 heterocycles. The van der Waals surface area contributed by atoms with Crippen molar-refractivity contribution < 1.29 is 19.1 Å². The number of fused-ring (bicyclic) bond motifs is 1. The van der Waals surface area contributed by atoms with Crippen LogP contribution < -0.4 is 15.6 Å². The van der Waals surface area contributed by atoms with Crippen LogP contribution in [0.5, 0.6) is 5.75 Å². The summed E-state index contributed by atoms with van der Waals surface area (Å²) >= 11 is 1.42. The molecule has 0 bridgehead atoms. The normalized spacial score (nSPS) is 11.0. The molecule has 1 amide bonds. The van der Waals surface area contributed by atoms with Gasteiger partial charge in [-0.2, -0.15) is 0 Å². The number of rotatable bonds is 7. The summed E-state index contributed by atoms with van der Waals surface area (Å²) in [7, 11) is 0. The van der Waals surface area contributed by atoms with Gasteiger partial charge >= 0.3 is 5.97 Å². The first-order valence-electron chi connectivity index (χ1n) is 9.44. The number of benzene rings is 1. The Hall–Kier alpha value is -3.20. The highest BCUT2D eigenvalue weighted by molar-refractivity contribution is 7.18. The Kier molecular flexibility index (Phi) is 6.51. The molecule has 0 atom stereocenters. The third kappa shape index (κ3) is 5.04. The van der Waals surface area contributed by atoms with Crippen LogP contribution >= 0.6 is 11.3 Å². The molecular weight excluding hydrogens is 406 g/mol. The number of aromatic amines is 1. The number of nitrogens with one attached hydrogen (secondary N) is 2. The zero-order valence-electron chi connectivity index (χ0n) is 17.2. The lowest BCUT2D eigenvalue weighted by molar-refractivity contribution is -0.143. The number of nitrogens with zero attached hydrogens (tertiary/aromatic N) is 1. The summed E-state index contributed by atoms with van der Waals surface area (Å²) in [5.74, 6) is -0.116. The predicted molar refractivity (Wildman–Crippen MR) is 114 cm³/mol. The van der Waals surface area contributed by atoms with Gasteiger partial charge in [-0.05, 0) is 57.5 Å². The van der Waals surface area contributed by atoms with Gasteiger partial charge in [-0.15, -0.1) is 11.3 Å². The lowest BCUT2D eigenvalue weighted by atomic mass is 10.2. The number of hydrogen-bond acceptors (Lipinski definition) is 7. The van der Waals surface area contributed by atoms with Gasteiger partial charge in [0.25, 0.3) is 11.5 Å². The van der Waals surface area contributed by atoms with Crippen LogP contribution in [0, 0.1) is 13.8 Å². The first-order chi connectivity index (χ1) is 14.2. The van der Waals surface area contributed by atoms with Crippen LogP contribution in [0.1, 0.15) is 40.5 Å². The SMILES string of the molecule is Cc1sc2nc(COC(=O)CNC(=O)c3ccc(OC(C)C)cc3)[nH]c(=O)c2c1C. The van der Waals surface area contributed by atoms with Crippen molar-refractivity contribution in [1.29, 1.82) is 0 Å². The van der Waals surface area contributed by atoms with E-state index in [-0.39, 0.29) is 30.6 Å². The summed E-state index contributed by atoms with van der Waals surface area (Å²) in [6.45, 7) is 7.15. The molecule has 0 radical (unpaired) electrons. The molecule has 3 rings (SSSR count). The van der Waals surface area contributed by atoms with Crippen molar-refractivity contribution in [2.24, 2.45) is 0 Å². The average Bonchev–Trinajstić information content (AvgIpc) is 2.98. The first-order valence-corrected chi connectivity index (χ1v) is 10.3. The quantitative estimate of drug-likeness (QED) is 0.559. The molecule has 8 nitrogen and oxygen atoms in total. The largest absolute Gasteiger partial charge is 0.491 e. The lowest BCUT2D eigenvalue weighted by Gasteiger charge is -2.10. The minimum absolute atomic E-state index is 0.0393. The molecule has 1 aromatic carbocycles. The summed E-state index contributed by atoms with van der Waals surface area (Å²) in [5.41, 5.74) is 1.05. The van der Waals surface area contributed by atoms with E-state index < -0.39 is 11.9 Å². The molecule has 158 valence electrons. The van der Waals surface area contributed by atoms with Crippen molar-refractivity contribution in [2.75, 3.05) is 6.54 Å². The molecule has 2 aromatic heterocycles. The van der Waals surface area contributed by atoms with Gasteiger partial charge in [0.05, 0.1) is 11.5 Å². The molecule has 2 N–H and O–H groups in total. The van der Waals surface area contributed by atoms with E-state index in [9.17, 15) is 14.4 Å². The molecule has 0 aliphatic heterocycles. The second-order valence-electron chi connectivity index (χ2n) is 7.01. The fraction of sp³-hybridized carbons (Fsp3) is 0.333.